The first-order valence-electron chi connectivity index (χ1n) is 22.2. The first kappa shape index (κ1) is 52.2. The normalized spacial score (nSPS) is 14.1. The van der Waals surface area contributed by atoms with Crippen LogP contribution in [0.15, 0.2) is 12.2 Å². The van der Waals surface area contributed by atoms with Crippen LogP contribution in [0.4, 0.5) is 0 Å². The van der Waals surface area contributed by atoms with Crippen LogP contribution in [0.1, 0.15) is 213 Å². The molecule has 0 aromatic carbocycles. The topological polar surface area (TPSA) is 132 Å². The minimum absolute atomic E-state index is 0.0527. The Bertz CT molecular complexity index is 841. The molecule has 0 aliphatic rings. The maximum Gasteiger partial charge on any atom is 0.472 e. The molecule has 0 bridgehead atoms. The summed E-state index contributed by atoms with van der Waals surface area (Å²) in [6.07, 6.45) is 40.2. The first-order valence-corrected chi connectivity index (χ1v) is 23.7. The largest absolute Gasteiger partial charge is 0.472 e. The fraction of sp³-hybridized carbons (Fsp3) is 0.930. The summed E-state index contributed by atoms with van der Waals surface area (Å²) >= 11 is 0. The second-order valence-electron chi connectivity index (χ2n) is 15.1. The number of hydrogen-bond acceptors (Lipinski definition) is 8. The van der Waals surface area contributed by atoms with Gasteiger partial charge >= 0.3 is 13.8 Å². The number of carbonyl (C=O) groups is 1. The summed E-state index contributed by atoms with van der Waals surface area (Å²) in [7, 11) is -4.51. The molecule has 0 rings (SSSR count). The standard InChI is InChI=1S/C43H85O9P/c1-3-5-7-9-11-13-15-17-18-19-20-21-22-24-26-28-30-32-34-36-49-39-42(40-51-53(47,48)50-38-41(45)37-44)52-43(46)35-33-31-29-27-25-23-16-14-12-10-8-6-4-2/h18-19,41-42,44-45H,3-17,20-40H2,1-2H3,(H,47,48)/b19-18-. The molecule has 3 unspecified atom stereocenters. The van der Waals surface area contributed by atoms with Gasteiger partial charge in [0.1, 0.15) is 12.2 Å². The van der Waals surface area contributed by atoms with Gasteiger partial charge < -0.3 is 24.6 Å². The number of aliphatic hydroxyl groups excluding tert-OH is 2. The molecule has 0 saturated heterocycles. The van der Waals surface area contributed by atoms with Crippen LogP contribution in [-0.4, -0.2) is 66.3 Å². The third kappa shape index (κ3) is 40.7. The average Bonchev–Trinajstić information content (AvgIpc) is 3.15. The number of esters is 1. The Balaban J connectivity index is 4.11. The summed E-state index contributed by atoms with van der Waals surface area (Å²) in [5.41, 5.74) is 0. The molecule has 0 heterocycles. The predicted molar refractivity (Wildman–Crippen MR) is 219 cm³/mol. The van der Waals surface area contributed by atoms with E-state index in [4.69, 9.17) is 23.6 Å². The van der Waals surface area contributed by atoms with E-state index in [2.05, 4.69) is 26.0 Å². The van der Waals surface area contributed by atoms with Gasteiger partial charge in [-0.2, -0.15) is 0 Å². The molecule has 53 heavy (non-hydrogen) atoms. The monoisotopic (exact) mass is 777 g/mol. The van der Waals surface area contributed by atoms with Gasteiger partial charge in [0.25, 0.3) is 0 Å². The predicted octanol–water partition coefficient (Wildman–Crippen LogP) is 12.1. The zero-order valence-corrected chi connectivity index (χ0v) is 35.4. The van der Waals surface area contributed by atoms with Gasteiger partial charge in [0, 0.05) is 13.0 Å². The van der Waals surface area contributed by atoms with E-state index in [1.807, 2.05) is 0 Å². The summed E-state index contributed by atoms with van der Waals surface area (Å²) in [4.78, 5) is 22.5. The van der Waals surface area contributed by atoms with Crippen molar-refractivity contribution in [2.24, 2.45) is 0 Å². The Morgan fingerprint density at radius 2 is 0.962 bits per heavy atom. The minimum atomic E-state index is -4.51. The Hall–Kier alpha value is -0.800. The van der Waals surface area contributed by atoms with Crippen molar-refractivity contribution in [3.05, 3.63) is 12.2 Å². The van der Waals surface area contributed by atoms with Crippen molar-refractivity contribution < 1.29 is 43.0 Å². The lowest BCUT2D eigenvalue weighted by Crippen LogP contribution is -2.29. The number of phosphoric acid groups is 1. The van der Waals surface area contributed by atoms with Gasteiger partial charge in [-0.25, -0.2) is 4.57 Å². The molecule has 3 atom stereocenters. The first-order chi connectivity index (χ1) is 25.8. The lowest BCUT2D eigenvalue weighted by molar-refractivity contribution is -0.154. The van der Waals surface area contributed by atoms with Crippen molar-refractivity contribution in [2.45, 2.75) is 225 Å². The quantitative estimate of drug-likeness (QED) is 0.0240. The second-order valence-corrected chi connectivity index (χ2v) is 16.5. The molecular weight excluding hydrogens is 691 g/mol. The van der Waals surface area contributed by atoms with Crippen LogP contribution in [0.2, 0.25) is 0 Å². The Morgan fingerprint density at radius 3 is 1.42 bits per heavy atom. The van der Waals surface area contributed by atoms with E-state index in [1.165, 1.54) is 154 Å². The van der Waals surface area contributed by atoms with Gasteiger partial charge in [0.15, 0.2) is 0 Å². The zero-order chi connectivity index (χ0) is 38.9. The van der Waals surface area contributed by atoms with Crippen LogP contribution in [0.5, 0.6) is 0 Å². The highest BCUT2D eigenvalue weighted by atomic mass is 31.2. The lowest BCUT2D eigenvalue weighted by Gasteiger charge is -2.20. The highest BCUT2D eigenvalue weighted by Crippen LogP contribution is 2.43. The number of hydrogen-bond donors (Lipinski definition) is 3. The third-order valence-corrected chi connectivity index (χ3v) is 10.7. The van der Waals surface area contributed by atoms with Crippen molar-refractivity contribution in [2.75, 3.05) is 33.0 Å². The van der Waals surface area contributed by atoms with Crippen molar-refractivity contribution in [1.29, 1.82) is 0 Å². The second kappa shape index (κ2) is 40.9. The number of rotatable bonds is 43. The fourth-order valence-electron chi connectivity index (χ4n) is 6.29. The molecule has 0 saturated carbocycles. The van der Waals surface area contributed by atoms with E-state index >= 15 is 0 Å². The van der Waals surface area contributed by atoms with Crippen molar-refractivity contribution in [1.82, 2.24) is 0 Å². The molecule has 0 aromatic rings. The third-order valence-electron chi connectivity index (χ3n) is 9.70. The molecule has 316 valence electrons. The number of phosphoric ester groups is 1. The van der Waals surface area contributed by atoms with Crippen LogP contribution in [0, 0.1) is 0 Å². The number of allylic oxidation sites excluding steroid dienone is 2. The molecule has 0 fully saturated rings. The van der Waals surface area contributed by atoms with Gasteiger partial charge in [-0.05, 0) is 38.5 Å². The molecule has 0 aliphatic heterocycles. The molecule has 3 N–H and O–H groups in total. The summed E-state index contributed by atoms with van der Waals surface area (Å²) in [5.74, 6) is -0.380. The van der Waals surface area contributed by atoms with Crippen molar-refractivity contribution >= 4 is 13.8 Å². The highest BCUT2D eigenvalue weighted by Gasteiger charge is 2.26. The molecule has 0 aromatic heterocycles. The van der Waals surface area contributed by atoms with E-state index in [9.17, 15) is 19.4 Å². The van der Waals surface area contributed by atoms with E-state index in [0.29, 0.717) is 6.61 Å². The van der Waals surface area contributed by atoms with E-state index in [1.54, 1.807) is 0 Å². The van der Waals surface area contributed by atoms with E-state index in [-0.39, 0.29) is 25.6 Å². The number of ether oxygens (including phenoxy) is 2. The van der Waals surface area contributed by atoms with Gasteiger partial charge in [-0.15, -0.1) is 0 Å². The maximum atomic E-state index is 12.6. The summed E-state index contributed by atoms with van der Waals surface area (Å²) in [6, 6.07) is 0. The summed E-state index contributed by atoms with van der Waals surface area (Å²) in [6.45, 7) is 3.54. The average molecular weight is 777 g/mol. The highest BCUT2D eigenvalue weighted by molar-refractivity contribution is 7.47. The SMILES string of the molecule is CCCCCCCCC/C=C\CCCCCCCCCCOCC(COP(=O)(O)OCC(O)CO)OC(=O)CCCCCCCCCCCCCCC. The van der Waals surface area contributed by atoms with Crippen molar-refractivity contribution in [3.63, 3.8) is 0 Å². The van der Waals surface area contributed by atoms with Gasteiger partial charge in [-0.1, -0.05) is 180 Å². The fourth-order valence-corrected chi connectivity index (χ4v) is 7.08. The zero-order valence-electron chi connectivity index (χ0n) is 34.5. The number of unbranched alkanes of at least 4 members (excludes halogenated alkanes) is 27. The molecule has 0 amide bonds. The van der Waals surface area contributed by atoms with E-state index < -0.39 is 33.2 Å². The Labute approximate surface area is 326 Å². The van der Waals surface area contributed by atoms with Crippen LogP contribution in [0.25, 0.3) is 0 Å². The van der Waals surface area contributed by atoms with Gasteiger partial charge in [0.2, 0.25) is 0 Å². The van der Waals surface area contributed by atoms with E-state index in [0.717, 1.165) is 38.5 Å². The molecule has 9 nitrogen and oxygen atoms in total. The molecule has 0 aliphatic carbocycles. The number of carbonyl (C=O) groups excluding carboxylic acids is 1. The smallest absolute Gasteiger partial charge is 0.457 e. The molecule has 0 spiro atoms. The Kier molecular flexibility index (Phi) is 40.2. The Morgan fingerprint density at radius 1 is 0.566 bits per heavy atom. The maximum absolute atomic E-state index is 12.6. The molecule has 10 heteroatoms. The summed E-state index contributed by atoms with van der Waals surface area (Å²) < 4.78 is 33.4. The molecular formula is C43H85O9P. The van der Waals surface area contributed by atoms with Crippen LogP contribution in [0.3, 0.4) is 0 Å². The van der Waals surface area contributed by atoms with Crippen LogP contribution in [-0.2, 0) is 27.9 Å². The van der Waals surface area contributed by atoms with Crippen molar-refractivity contribution in [3.8, 4) is 0 Å². The lowest BCUT2D eigenvalue weighted by atomic mass is 10.0. The number of aliphatic hydroxyl groups is 2. The summed E-state index contributed by atoms with van der Waals surface area (Å²) in [5, 5.41) is 18.3. The van der Waals surface area contributed by atoms with Crippen LogP contribution < -0.4 is 0 Å². The molecule has 0 radical (unpaired) electrons. The van der Waals surface area contributed by atoms with Gasteiger partial charge in [-0.3, -0.25) is 13.8 Å². The minimum Gasteiger partial charge on any atom is -0.457 e. The van der Waals surface area contributed by atoms with Gasteiger partial charge in [0.05, 0.1) is 26.4 Å². The van der Waals surface area contributed by atoms with Crippen LogP contribution >= 0.6 is 7.82 Å².